The van der Waals surface area contributed by atoms with Gasteiger partial charge in [0.15, 0.2) is 0 Å². The molecule has 2 rings (SSSR count). The Morgan fingerprint density at radius 2 is 1.86 bits per heavy atom. The standard InChI is InChI=1S/C16H15BrO4/c1-20-15-6-5-12(8-14(15)16(18)19)10-21-9-11-3-2-4-13(17)7-11/h2-8H,9-10H2,1H3,(H,18,19). The predicted octanol–water partition coefficient (Wildman–Crippen LogP) is 3.87. The van der Waals surface area contributed by atoms with Gasteiger partial charge in [-0.05, 0) is 35.4 Å². The van der Waals surface area contributed by atoms with Crippen molar-refractivity contribution in [3.63, 3.8) is 0 Å². The molecule has 0 radical (unpaired) electrons. The number of hydrogen-bond acceptors (Lipinski definition) is 3. The summed E-state index contributed by atoms with van der Waals surface area (Å²) in [5, 5.41) is 9.13. The molecule has 0 atom stereocenters. The minimum Gasteiger partial charge on any atom is -0.496 e. The van der Waals surface area contributed by atoms with Gasteiger partial charge in [0.2, 0.25) is 0 Å². The first kappa shape index (κ1) is 15.5. The van der Waals surface area contributed by atoms with Crippen molar-refractivity contribution in [3.05, 3.63) is 63.6 Å². The molecule has 0 amide bonds. The zero-order valence-corrected chi connectivity index (χ0v) is 13.1. The van der Waals surface area contributed by atoms with Gasteiger partial charge in [-0.1, -0.05) is 34.1 Å². The maximum Gasteiger partial charge on any atom is 0.339 e. The fourth-order valence-corrected chi connectivity index (χ4v) is 2.37. The largest absolute Gasteiger partial charge is 0.496 e. The quantitative estimate of drug-likeness (QED) is 0.858. The summed E-state index contributed by atoms with van der Waals surface area (Å²) in [6.45, 7) is 0.810. The summed E-state index contributed by atoms with van der Waals surface area (Å²) >= 11 is 3.41. The molecule has 2 aromatic rings. The Morgan fingerprint density at radius 3 is 2.48 bits per heavy atom. The van der Waals surface area contributed by atoms with Crippen LogP contribution < -0.4 is 4.74 Å². The van der Waals surface area contributed by atoms with E-state index in [4.69, 9.17) is 14.6 Å². The van der Waals surface area contributed by atoms with Crippen molar-refractivity contribution in [3.8, 4) is 5.75 Å². The SMILES string of the molecule is COc1ccc(COCc2cccc(Br)c2)cc1C(=O)O. The number of ether oxygens (including phenoxy) is 2. The smallest absolute Gasteiger partial charge is 0.339 e. The Hall–Kier alpha value is -1.85. The molecule has 0 heterocycles. The second-order valence-corrected chi connectivity index (χ2v) is 5.38. The van der Waals surface area contributed by atoms with Gasteiger partial charge in [0.05, 0.1) is 20.3 Å². The van der Waals surface area contributed by atoms with E-state index >= 15 is 0 Å². The van der Waals surface area contributed by atoms with Crippen molar-refractivity contribution in [2.24, 2.45) is 0 Å². The number of methoxy groups -OCH3 is 1. The van der Waals surface area contributed by atoms with Gasteiger partial charge in [-0.25, -0.2) is 4.79 Å². The number of carbonyl (C=O) groups is 1. The van der Waals surface area contributed by atoms with Gasteiger partial charge in [0.25, 0.3) is 0 Å². The van der Waals surface area contributed by atoms with Crippen LogP contribution in [0.2, 0.25) is 0 Å². The van der Waals surface area contributed by atoms with E-state index in [0.29, 0.717) is 19.0 Å². The average Bonchev–Trinajstić information content (AvgIpc) is 2.47. The molecule has 0 saturated heterocycles. The maximum absolute atomic E-state index is 11.1. The summed E-state index contributed by atoms with van der Waals surface area (Å²) in [5.74, 6) is -0.668. The first-order chi connectivity index (χ1) is 10.1. The van der Waals surface area contributed by atoms with Crippen molar-refractivity contribution < 1.29 is 19.4 Å². The average molecular weight is 351 g/mol. The van der Waals surface area contributed by atoms with E-state index in [1.165, 1.54) is 7.11 Å². The van der Waals surface area contributed by atoms with Crippen molar-refractivity contribution in [2.75, 3.05) is 7.11 Å². The molecule has 0 aromatic heterocycles. The highest BCUT2D eigenvalue weighted by Crippen LogP contribution is 2.20. The number of aromatic carboxylic acids is 1. The number of carboxylic acid groups (broad SMARTS) is 1. The van der Waals surface area contributed by atoms with Crippen LogP contribution in [0.15, 0.2) is 46.9 Å². The summed E-state index contributed by atoms with van der Waals surface area (Å²) in [5.41, 5.74) is 1.99. The second-order valence-electron chi connectivity index (χ2n) is 4.46. The van der Waals surface area contributed by atoms with E-state index in [1.54, 1.807) is 18.2 Å². The minimum atomic E-state index is -1.01. The van der Waals surface area contributed by atoms with Crippen LogP contribution >= 0.6 is 15.9 Å². The third-order valence-corrected chi connectivity index (χ3v) is 3.41. The maximum atomic E-state index is 11.1. The number of hydrogen-bond donors (Lipinski definition) is 1. The molecular formula is C16H15BrO4. The van der Waals surface area contributed by atoms with Gasteiger partial charge in [-0.2, -0.15) is 0 Å². The fraction of sp³-hybridized carbons (Fsp3) is 0.188. The van der Waals surface area contributed by atoms with Crippen LogP contribution in [0.1, 0.15) is 21.5 Å². The van der Waals surface area contributed by atoms with E-state index in [0.717, 1.165) is 15.6 Å². The molecule has 0 aliphatic rings. The van der Waals surface area contributed by atoms with Gasteiger partial charge in [0.1, 0.15) is 11.3 Å². The number of rotatable bonds is 6. The molecule has 1 N–H and O–H groups in total. The Balaban J connectivity index is 2.00. The Morgan fingerprint density at radius 1 is 1.14 bits per heavy atom. The number of carboxylic acids is 1. The molecule has 2 aromatic carbocycles. The molecule has 21 heavy (non-hydrogen) atoms. The molecule has 0 aliphatic carbocycles. The van der Waals surface area contributed by atoms with Crippen LogP contribution in [0.25, 0.3) is 0 Å². The van der Waals surface area contributed by atoms with E-state index in [-0.39, 0.29) is 5.56 Å². The number of halogens is 1. The summed E-state index contributed by atoms with van der Waals surface area (Å²) in [6.07, 6.45) is 0. The lowest BCUT2D eigenvalue weighted by Crippen LogP contribution is -2.02. The predicted molar refractivity (Wildman–Crippen MR) is 82.6 cm³/mol. The Labute approximate surface area is 131 Å². The zero-order valence-electron chi connectivity index (χ0n) is 11.5. The summed E-state index contributed by atoms with van der Waals surface area (Å²) in [4.78, 5) is 11.1. The molecule has 0 bridgehead atoms. The molecule has 110 valence electrons. The van der Waals surface area contributed by atoms with Gasteiger partial charge in [0, 0.05) is 4.47 Å². The number of benzene rings is 2. The molecule has 0 saturated carbocycles. The molecule has 4 nitrogen and oxygen atoms in total. The van der Waals surface area contributed by atoms with Gasteiger partial charge < -0.3 is 14.6 Å². The van der Waals surface area contributed by atoms with Crippen LogP contribution in [-0.2, 0) is 18.0 Å². The van der Waals surface area contributed by atoms with Gasteiger partial charge in [-0.3, -0.25) is 0 Å². The summed E-state index contributed by atoms with van der Waals surface area (Å²) in [6, 6.07) is 12.9. The fourth-order valence-electron chi connectivity index (χ4n) is 1.93. The van der Waals surface area contributed by atoms with E-state index < -0.39 is 5.97 Å². The molecule has 5 heteroatoms. The Bertz CT molecular complexity index is 640. The first-order valence-corrected chi connectivity index (χ1v) is 7.12. The van der Waals surface area contributed by atoms with Gasteiger partial charge in [-0.15, -0.1) is 0 Å². The van der Waals surface area contributed by atoms with Crippen molar-refractivity contribution in [1.82, 2.24) is 0 Å². The molecule has 0 spiro atoms. The van der Waals surface area contributed by atoms with E-state index in [2.05, 4.69) is 15.9 Å². The third-order valence-electron chi connectivity index (χ3n) is 2.92. The van der Waals surface area contributed by atoms with Crippen LogP contribution in [0, 0.1) is 0 Å². The molecule has 0 fully saturated rings. The molecular weight excluding hydrogens is 336 g/mol. The lowest BCUT2D eigenvalue weighted by atomic mass is 10.1. The van der Waals surface area contributed by atoms with Crippen LogP contribution in [0.5, 0.6) is 5.75 Å². The van der Waals surface area contributed by atoms with Gasteiger partial charge >= 0.3 is 5.97 Å². The monoisotopic (exact) mass is 350 g/mol. The third kappa shape index (κ3) is 4.31. The van der Waals surface area contributed by atoms with Crippen LogP contribution in [0.3, 0.4) is 0 Å². The van der Waals surface area contributed by atoms with E-state index in [1.807, 2.05) is 24.3 Å². The lowest BCUT2D eigenvalue weighted by Gasteiger charge is -2.09. The summed E-state index contributed by atoms with van der Waals surface area (Å²) < 4.78 is 11.6. The molecule has 0 aliphatic heterocycles. The topological polar surface area (TPSA) is 55.8 Å². The Kier molecular flexibility index (Phi) is 5.36. The lowest BCUT2D eigenvalue weighted by molar-refractivity contribution is 0.0692. The minimum absolute atomic E-state index is 0.140. The van der Waals surface area contributed by atoms with Crippen LogP contribution in [-0.4, -0.2) is 18.2 Å². The highest BCUT2D eigenvalue weighted by molar-refractivity contribution is 9.10. The second kappa shape index (κ2) is 7.24. The van der Waals surface area contributed by atoms with Crippen molar-refractivity contribution in [1.29, 1.82) is 0 Å². The normalized spacial score (nSPS) is 10.4. The summed E-state index contributed by atoms with van der Waals surface area (Å²) in [7, 11) is 1.45. The van der Waals surface area contributed by atoms with Crippen LogP contribution in [0.4, 0.5) is 0 Å². The van der Waals surface area contributed by atoms with E-state index in [9.17, 15) is 4.79 Å². The highest BCUT2D eigenvalue weighted by atomic mass is 79.9. The first-order valence-electron chi connectivity index (χ1n) is 6.32. The molecule has 0 unspecified atom stereocenters. The highest BCUT2D eigenvalue weighted by Gasteiger charge is 2.11. The van der Waals surface area contributed by atoms with Crippen molar-refractivity contribution in [2.45, 2.75) is 13.2 Å². The zero-order chi connectivity index (χ0) is 15.2. The van der Waals surface area contributed by atoms with Crippen molar-refractivity contribution >= 4 is 21.9 Å².